The summed E-state index contributed by atoms with van der Waals surface area (Å²) in [7, 11) is 1.64. The maximum Gasteiger partial charge on any atom is 0.151 e. The molecule has 5 heteroatoms. The highest BCUT2D eigenvalue weighted by molar-refractivity contribution is 6.17. The molecule has 0 radical (unpaired) electrons. The van der Waals surface area contributed by atoms with Crippen LogP contribution >= 0.6 is 11.6 Å². The number of aromatic nitrogens is 2. The Morgan fingerprint density at radius 3 is 2.76 bits per heavy atom. The largest absolute Gasteiger partial charge is 0.380 e. The molecule has 3 nitrogen and oxygen atoms in total. The number of hydrogen-bond donors (Lipinski definition) is 0. The van der Waals surface area contributed by atoms with Crippen molar-refractivity contribution >= 4 is 22.6 Å². The first-order valence-electron chi connectivity index (χ1n) is 6.55. The van der Waals surface area contributed by atoms with Crippen LogP contribution < -0.4 is 0 Å². The minimum Gasteiger partial charge on any atom is -0.380 e. The fraction of sp³-hybridized carbons (Fsp3) is 0.188. The predicted octanol–water partition coefficient (Wildman–Crippen LogP) is 4.05. The number of hydrogen-bond acceptors (Lipinski definition) is 2. The summed E-state index contributed by atoms with van der Waals surface area (Å²) in [6, 6.07) is 12.7. The predicted molar refractivity (Wildman–Crippen MR) is 81.3 cm³/mol. The van der Waals surface area contributed by atoms with Crippen molar-refractivity contribution in [3.63, 3.8) is 0 Å². The molecule has 0 aliphatic rings. The first-order valence-corrected chi connectivity index (χ1v) is 7.08. The molecule has 0 fully saturated rings. The van der Waals surface area contributed by atoms with E-state index in [-0.39, 0.29) is 11.7 Å². The third-order valence-corrected chi connectivity index (χ3v) is 3.60. The molecule has 108 valence electrons. The minimum atomic E-state index is -0.346. The molecule has 0 N–H and O–H groups in total. The van der Waals surface area contributed by atoms with Gasteiger partial charge in [-0.3, -0.25) is 4.57 Å². The molecule has 0 unspecified atom stereocenters. The van der Waals surface area contributed by atoms with Gasteiger partial charge in [-0.1, -0.05) is 24.3 Å². The fourth-order valence-corrected chi connectivity index (χ4v) is 2.66. The second-order valence-electron chi connectivity index (χ2n) is 4.67. The van der Waals surface area contributed by atoms with E-state index in [1.54, 1.807) is 13.2 Å². The topological polar surface area (TPSA) is 27.1 Å². The van der Waals surface area contributed by atoms with Gasteiger partial charge in [0.2, 0.25) is 0 Å². The van der Waals surface area contributed by atoms with E-state index in [4.69, 9.17) is 16.3 Å². The van der Waals surface area contributed by atoms with Gasteiger partial charge in [0.1, 0.15) is 11.3 Å². The van der Waals surface area contributed by atoms with Crippen LogP contribution in [0.1, 0.15) is 11.4 Å². The van der Waals surface area contributed by atoms with Gasteiger partial charge in [-0.2, -0.15) is 0 Å². The lowest BCUT2D eigenvalue weighted by Gasteiger charge is -2.13. The average Bonchev–Trinajstić information content (AvgIpc) is 2.88. The highest BCUT2D eigenvalue weighted by Gasteiger charge is 2.16. The summed E-state index contributed by atoms with van der Waals surface area (Å²) >= 11 is 6.00. The SMILES string of the molecule is COCc1ccccc1-n1c(CCl)nc2c(F)cccc21. The van der Waals surface area contributed by atoms with E-state index in [1.165, 1.54) is 6.07 Å². The van der Waals surface area contributed by atoms with Crippen molar-refractivity contribution in [2.24, 2.45) is 0 Å². The smallest absolute Gasteiger partial charge is 0.151 e. The normalized spacial score (nSPS) is 11.2. The molecule has 0 atom stereocenters. The van der Waals surface area contributed by atoms with Crippen molar-refractivity contribution in [2.45, 2.75) is 12.5 Å². The summed E-state index contributed by atoms with van der Waals surface area (Å²) in [6.07, 6.45) is 0. The van der Waals surface area contributed by atoms with Crippen LogP contribution in [0.2, 0.25) is 0 Å². The van der Waals surface area contributed by atoms with E-state index < -0.39 is 0 Å². The second kappa shape index (κ2) is 5.84. The third kappa shape index (κ3) is 2.41. The van der Waals surface area contributed by atoms with E-state index >= 15 is 0 Å². The monoisotopic (exact) mass is 304 g/mol. The Kier molecular flexibility index (Phi) is 3.90. The lowest BCUT2D eigenvalue weighted by atomic mass is 10.1. The van der Waals surface area contributed by atoms with Gasteiger partial charge in [0.15, 0.2) is 5.82 Å². The van der Waals surface area contributed by atoms with Gasteiger partial charge >= 0.3 is 0 Å². The zero-order valence-electron chi connectivity index (χ0n) is 11.5. The number of rotatable bonds is 4. The molecule has 0 aliphatic heterocycles. The van der Waals surface area contributed by atoms with Crippen molar-refractivity contribution < 1.29 is 9.13 Å². The average molecular weight is 305 g/mol. The van der Waals surface area contributed by atoms with E-state index in [1.807, 2.05) is 34.9 Å². The Bertz CT molecular complexity index is 785. The van der Waals surface area contributed by atoms with Crippen molar-refractivity contribution in [2.75, 3.05) is 7.11 Å². The molecule has 0 aliphatic carbocycles. The molecule has 0 bridgehead atoms. The summed E-state index contributed by atoms with van der Waals surface area (Å²) in [5, 5.41) is 0. The standard InChI is InChI=1S/C16H14ClFN2O/c1-21-10-11-5-2-3-7-13(11)20-14-8-4-6-12(18)16(14)19-15(20)9-17/h2-8H,9-10H2,1H3. The Hall–Kier alpha value is -1.91. The van der Waals surface area contributed by atoms with Crippen LogP contribution in [0.5, 0.6) is 0 Å². The van der Waals surface area contributed by atoms with Crippen LogP contribution in [0, 0.1) is 5.82 Å². The molecule has 3 aromatic rings. The zero-order chi connectivity index (χ0) is 14.8. The Balaban J connectivity index is 2.32. The number of methoxy groups -OCH3 is 1. The number of para-hydroxylation sites is 2. The third-order valence-electron chi connectivity index (χ3n) is 3.36. The molecule has 1 aromatic heterocycles. The van der Waals surface area contributed by atoms with Crippen LogP contribution in [-0.4, -0.2) is 16.7 Å². The van der Waals surface area contributed by atoms with E-state index in [0.29, 0.717) is 23.5 Å². The number of fused-ring (bicyclic) bond motifs is 1. The van der Waals surface area contributed by atoms with Gasteiger partial charge in [-0.05, 0) is 18.2 Å². The Morgan fingerprint density at radius 2 is 2.00 bits per heavy atom. The minimum absolute atomic E-state index is 0.204. The molecule has 0 saturated carbocycles. The molecule has 2 aromatic carbocycles. The summed E-state index contributed by atoms with van der Waals surface area (Å²) < 4.78 is 21.1. The fourth-order valence-electron chi connectivity index (χ4n) is 2.48. The number of alkyl halides is 1. The number of benzene rings is 2. The van der Waals surface area contributed by atoms with E-state index in [0.717, 1.165) is 11.3 Å². The number of nitrogens with zero attached hydrogens (tertiary/aromatic N) is 2. The number of halogens is 2. The van der Waals surface area contributed by atoms with E-state index in [2.05, 4.69) is 4.98 Å². The van der Waals surface area contributed by atoms with Crippen LogP contribution in [-0.2, 0) is 17.2 Å². The van der Waals surface area contributed by atoms with Crippen molar-refractivity contribution in [1.82, 2.24) is 9.55 Å². The zero-order valence-corrected chi connectivity index (χ0v) is 12.3. The summed E-state index contributed by atoms with van der Waals surface area (Å²) in [6.45, 7) is 0.465. The lowest BCUT2D eigenvalue weighted by Crippen LogP contribution is -2.04. The van der Waals surface area contributed by atoms with Gasteiger partial charge in [-0.25, -0.2) is 9.37 Å². The van der Waals surface area contributed by atoms with Gasteiger partial charge in [0.25, 0.3) is 0 Å². The van der Waals surface area contributed by atoms with Gasteiger partial charge in [0.05, 0.1) is 23.7 Å². The highest BCUT2D eigenvalue weighted by atomic mass is 35.5. The van der Waals surface area contributed by atoms with Crippen molar-refractivity contribution in [3.05, 3.63) is 59.7 Å². The number of ether oxygens (including phenoxy) is 1. The number of imidazole rings is 1. The van der Waals surface area contributed by atoms with Crippen LogP contribution in [0.25, 0.3) is 16.7 Å². The van der Waals surface area contributed by atoms with Crippen LogP contribution in [0.15, 0.2) is 42.5 Å². The highest BCUT2D eigenvalue weighted by Crippen LogP contribution is 2.26. The molecule has 3 rings (SSSR count). The van der Waals surface area contributed by atoms with Crippen molar-refractivity contribution in [3.8, 4) is 5.69 Å². The molecular weight excluding hydrogens is 291 g/mol. The first-order chi connectivity index (χ1) is 10.3. The Morgan fingerprint density at radius 1 is 1.19 bits per heavy atom. The summed E-state index contributed by atoms with van der Waals surface area (Å²) in [5.74, 6) is 0.470. The summed E-state index contributed by atoms with van der Waals surface area (Å²) in [5.41, 5.74) is 2.94. The molecule has 21 heavy (non-hydrogen) atoms. The lowest BCUT2D eigenvalue weighted by molar-refractivity contribution is 0.185. The molecule has 0 saturated heterocycles. The maximum absolute atomic E-state index is 13.9. The molecule has 0 amide bonds. The van der Waals surface area contributed by atoms with Gasteiger partial charge in [0, 0.05) is 12.7 Å². The van der Waals surface area contributed by atoms with Gasteiger partial charge in [-0.15, -0.1) is 11.6 Å². The molecular formula is C16H14ClFN2O. The maximum atomic E-state index is 13.9. The van der Waals surface area contributed by atoms with Crippen LogP contribution in [0.3, 0.4) is 0 Å². The van der Waals surface area contributed by atoms with Crippen molar-refractivity contribution in [1.29, 1.82) is 0 Å². The molecule has 0 spiro atoms. The summed E-state index contributed by atoms with van der Waals surface area (Å²) in [4.78, 5) is 4.32. The molecule has 1 heterocycles. The first kappa shape index (κ1) is 14.0. The quantitative estimate of drug-likeness (QED) is 0.680. The van der Waals surface area contributed by atoms with Gasteiger partial charge < -0.3 is 4.74 Å². The Labute approximate surface area is 126 Å². The second-order valence-corrected chi connectivity index (χ2v) is 4.93. The van der Waals surface area contributed by atoms with E-state index in [9.17, 15) is 4.39 Å². The van der Waals surface area contributed by atoms with Crippen LogP contribution in [0.4, 0.5) is 4.39 Å².